The second-order valence-electron chi connectivity index (χ2n) is 2.10. The third kappa shape index (κ3) is 6.96. The van der Waals surface area contributed by atoms with Crippen molar-refractivity contribution in [2.75, 3.05) is 12.4 Å². The van der Waals surface area contributed by atoms with Crippen LogP contribution in [0.2, 0.25) is 0 Å². The molecular formula is C7H12O5S2. The number of aliphatic hydroxyl groups excluding tert-OH is 1. The van der Waals surface area contributed by atoms with Gasteiger partial charge in [0.25, 0.3) is 0 Å². The highest BCUT2D eigenvalue weighted by molar-refractivity contribution is 7.83. The molecular weight excluding hydrogens is 228 g/mol. The van der Waals surface area contributed by atoms with E-state index in [1.807, 2.05) is 0 Å². The maximum absolute atomic E-state index is 10.9. The van der Waals surface area contributed by atoms with E-state index in [0.29, 0.717) is 0 Å². The molecule has 0 aromatic rings. The fourth-order valence-corrected chi connectivity index (χ4v) is 1.54. The molecule has 0 aromatic heterocycles. The Kier molecular flexibility index (Phi) is 7.58. The number of aliphatic hydroxyl groups is 1. The van der Waals surface area contributed by atoms with Crippen molar-refractivity contribution >= 4 is 22.2 Å². The molecule has 7 heteroatoms. The summed E-state index contributed by atoms with van der Waals surface area (Å²) >= 11 is -3.26. The zero-order valence-corrected chi connectivity index (χ0v) is 9.09. The van der Waals surface area contributed by atoms with Gasteiger partial charge in [-0.05, 0) is 0 Å². The van der Waals surface area contributed by atoms with E-state index in [9.17, 15) is 13.5 Å². The van der Waals surface area contributed by atoms with Crippen molar-refractivity contribution in [2.24, 2.45) is 0 Å². The van der Waals surface area contributed by atoms with Crippen LogP contribution in [-0.2, 0) is 30.5 Å². The summed E-state index contributed by atoms with van der Waals surface area (Å²) in [4.78, 5) is 0. The van der Waals surface area contributed by atoms with Gasteiger partial charge < -0.3 is 9.29 Å². The van der Waals surface area contributed by atoms with E-state index in [1.165, 1.54) is 0 Å². The molecule has 0 aromatic carbocycles. The Morgan fingerprint density at radius 1 is 1.43 bits per heavy atom. The van der Waals surface area contributed by atoms with Crippen LogP contribution in [0.25, 0.3) is 0 Å². The Labute approximate surface area is 87.7 Å². The van der Waals surface area contributed by atoms with Crippen molar-refractivity contribution in [1.82, 2.24) is 0 Å². The van der Waals surface area contributed by atoms with Gasteiger partial charge >= 0.3 is 0 Å². The fraction of sp³-hybridized carbons (Fsp3) is 0.429. The maximum atomic E-state index is 10.9. The molecule has 0 spiro atoms. The molecule has 0 bridgehead atoms. The van der Waals surface area contributed by atoms with Gasteiger partial charge in [0.05, 0.1) is 24.7 Å². The largest absolute Gasteiger partial charge is 0.409 e. The normalized spacial score (nSPS) is 16.6. The molecule has 0 saturated heterocycles. The summed E-state index contributed by atoms with van der Waals surface area (Å²) in [6.45, 7) is 6.24. The summed E-state index contributed by atoms with van der Waals surface area (Å²) in [5.74, 6) is -0.125. The lowest BCUT2D eigenvalue weighted by molar-refractivity contribution is 0.133. The molecule has 5 nitrogen and oxygen atoms in total. The summed E-state index contributed by atoms with van der Waals surface area (Å²) < 4.78 is 30.6. The Hall–Kier alpha value is -0.500. The lowest BCUT2D eigenvalue weighted by Gasteiger charge is -2.07. The minimum Gasteiger partial charge on any atom is -0.409 e. The standard InChI is InChI=1S/C7H12O5S2/c1-3-11-14(10)6-7(8)5-12-13(9)4-2/h3-4,7-8H,1-2,5-6H2. The van der Waals surface area contributed by atoms with Gasteiger partial charge in [-0.25, -0.2) is 8.42 Å². The van der Waals surface area contributed by atoms with Crippen molar-refractivity contribution < 1.29 is 21.9 Å². The van der Waals surface area contributed by atoms with Gasteiger partial charge in [0.15, 0.2) is 11.1 Å². The monoisotopic (exact) mass is 240 g/mol. The molecule has 0 amide bonds. The van der Waals surface area contributed by atoms with Crippen LogP contribution in [0.3, 0.4) is 0 Å². The maximum Gasteiger partial charge on any atom is 0.208 e. The quantitative estimate of drug-likeness (QED) is 0.604. The van der Waals surface area contributed by atoms with Crippen molar-refractivity contribution in [3.8, 4) is 0 Å². The zero-order valence-electron chi connectivity index (χ0n) is 7.46. The Morgan fingerprint density at radius 2 is 2.07 bits per heavy atom. The smallest absolute Gasteiger partial charge is 0.208 e. The van der Waals surface area contributed by atoms with E-state index in [2.05, 4.69) is 21.5 Å². The molecule has 3 unspecified atom stereocenters. The first kappa shape index (κ1) is 13.5. The van der Waals surface area contributed by atoms with Crippen LogP contribution in [0.5, 0.6) is 0 Å². The number of rotatable bonds is 8. The van der Waals surface area contributed by atoms with Gasteiger partial charge in [-0.1, -0.05) is 13.2 Å². The van der Waals surface area contributed by atoms with Gasteiger partial charge in [0.2, 0.25) is 11.1 Å². The predicted octanol–water partition coefficient (Wildman–Crippen LogP) is -0.00510. The lowest BCUT2D eigenvalue weighted by atomic mass is 10.4. The van der Waals surface area contributed by atoms with Crippen LogP contribution in [0.15, 0.2) is 24.8 Å². The second kappa shape index (κ2) is 7.86. The minimum absolute atomic E-state index is 0.125. The van der Waals surface area contributed by atoms with Crippen molar-refractivity contribution in [2.45, 2.75) is 6.10 Å². The molecule has 0 fully saturated rings. The molecule has 0 radical (unpaired) electrons. The Balaban J connectivity index is 3.69. The molecule has 0 heterocycles. The molecule has 0 aliphatic heterocycles. The molecule has 0 rings (SSSR count). The van der Waals surface area contributed by atoms with Crippen molar-refractivity contribution in [3.63, 3.8) is 0 Å². The highest BCUT2D eigenvalue weighted by atomic mass is 32.2. The van der Waals surface area contributed by atoms with E-state index in [4.69, 9.17) is 0 Å². The van der Waals surface area contributed by atoms with E-state index in [0.717, 1.165) is 11.7 Å². The zero-order chi connectivity index (χ0) is 11.0. The van der Waals surface area contributed by atoms with Crippen LogP contribution in [-0.4, -0.2) is 32.0 Å². The van der Waals surface area contributed by atoms with Crippen LogP contribution < -0.4 is 0 Å². The average Bonchev–Trinajstić information content (AvgIpc) is 2.14. The van der Waals surface area contributed by atoms with Gasteiger partial charge in [0, 0.05) is 5.41 Å². The predicted molar refractivity (Wildman–Crippen MR) is 54.6 cm³/mol. The first-order valence-corrected chi connectivity index (χ1v) is 5.99. The van der Waals surface area contributed by atoms with Crippen molar-refractivity contribution in [1.29, 1.82) is 0 Å². The van der Waals surface area contributed by atoms with Crippen molar-refractivity contribution in [3.05, 3.63) is 24.8 Å². The first-order chi connectivity index (χ1) is 6.60. The van der Waals surface area contributed by atoms with E-state index < -0.39 is 28.3 Å². The SMILES string of the molecule is C=COS(=O)CC(O)COS(=O)C=C. The number of hydrogen-bond acceptors (Lipinski definition) is 5. The minimum atomic E-state index is -1.64. The third-order valence-electron chi connectivity index (χ3n) is 1.02. The van der Waals surface area contributed by atoms with E-state index in [1.54, 1.807) is 0 Å². The van der Waals surface area contributed by atoms with Crippen LogP contribution in [0.4, 0.5) is 0 Å². The molecule has 82 valence electrons. The van der Waals surface area contributed by atoms with Gasteiger partial charge in [-0.3, -0.25) is 4.18 Å². The Morgan fingerprint density at radius 3 is 2.57 bits per heavy atom. The van der Waals surface area contributed by atoms with Gasteiger partial charge in [-0.2, -0.15) is 0 Å². The third-order valence-corrected chi connectivity index (χ3v) is 2.66. The summed E-state index contributed by atoms with van der Waals surface area (Å²) in [5.41, 5.74) is 0. The summed E-state index contributed by atoms with van der Waals surface area (Å²) in [6.07, 6.45) is 0.0191. The van der Waals surface area contributed by atoms with Gasteiger partial charge in [0.1, 0.15) is 0 Å². The first-order valence-electron chi connectivity index (χ1n) is 3.61. The Bertz CT molecular complexity index is 240. The molecule has 3 atom stereocenters. The summed E-state index contributed by atoms with van der Waals surface area (Å²) in [6, 6.07) is 0. The van der Waals surface area contributed by atoms with E-state index in [-0.39, 0.29) is 12.4 Å². The highest BCUT2D eigenvalue weighted by Gasteiger charge is 2.11. The molecule has 14 heavy (non-hydrogen) atoms. The summed E-state index contributed by atoms with van der Waals surface area (Å²) in [5, 5.41) is 10.3. The average molecular weight is 240 g/mol. The fourth-order valence-electron chi connectivity index (χ4n) is 0.514. The van der Waals surface area contributed by atoms with Gasteiger partial charge in [-0.15, -0.1) is 0 Å². The van der Waals surface area contributed by atoms with Crippen LogP contribution in [0.1, 0.15) is 0 Å². The second-order valence-corrected chi connectivity index (χ2v) is 4.32. The van der Waals surface area contributed by atoms with E-state index >= 15 is 0 Å². The lowest BCUT2D eigenvalue weighted by Crippen LogP contribution is -2.23. The molecule has 0 saturated carbocycles. The highest BCUT2D eigenvalue weighted by Crippen LogP contribution is 1.95. The number of hydrogen-bond donors (Lipinski definition) is 1. The molecule has 1 N–H and O–H groups in total. The van der Waals surface area contributed by atoms with Crippen LogP contribution >= 0.6 is 0 Å². The molecule has 0 aliphatic carbocycles. The summed E-state index contributed by atoms with van der Waals surface area (Å²) in [7, 11) is 0. The molecule has 0 aliphatic rings. The van der Waals surface area contributed by atoms with Crippen LogP contribution in [0, 0.1) is 0 Å². The topological polar surface area (TPSA) is 72.8 Å².